The minimum atomic E-state index is -2.53. The maximum absolute atomic E-state index is 9.19. The Labute approximate surface area is 248 Å². The van der Waals surface area contributed by atoms with Crippen molar-refractivity contribution in [2.75, 3.05) is 0 Å². The van der Waals surface area contributed by atoms with Gasteiger partial charge in [-0.3, -0.25) is 4.57 Å². The average molecular weight is 522 g/mol. The van der Waals surface area contributed by atoms with Crippen LogP contribution in [0.4, 0.5) is 0 Å². The van der Waals surface area contributed by atoms with Crippen molar-refractivity contribution in [3.05, 3.63) is 145 Å². The molecule has 7 aromatic carbocycles. The third kappa shape index (κ3) is 3.47. The maximum Gasteiger partial charge on any atom is 0.111 e. The molecular weight excluding hydrogens is 484 g/mol. The van der Waals surface area contributed by atoms with Gasteiger partial charge in [0.2, 0.25) is 0 Å². The summed E-state index contributed by atoms with van der Waals surface area (Å²) in [5, 5.41) is 2.23. The van der Waals surface area contributed by atoms with E-state index >= 15 is 0 Å². The van der Waals surface area contributed by atoms with Crippen molar-refractivity contribution in [1.29, 1.82) is 0 Å². The summed E-state index contributed by atoms with van der Waals surface area (Å²) in [7, 11) is 0. The topological polar surface area (TPSA) is 17.8 Å². The summed E-state index contributed by atoms with van der Waals surface area (Å²) in [5.74, 6) is -0.129. The number of benzene rings is 7. The highest BCUT2D eigenvalue weighted by Gasteiger charge is 2.17. The minimum absolute atomic E-state index is 0.103. The summed E-state index contributed by atoms with van der Waals surface area (Å²) < 4.78 is 97.4. The molecule has 0 amide bonds. The number of nitrogens with zero attached hydrogens (tertiary/aromatic N) is 2. The number of fused-ring (bicyclic) bond motifs is 4. The van der Waals surface area contributed by atoms with E-state index in [2.05, 4.69) is 4.98 Å². The fourth-order valence-corrected chi connectivity index (χ4v) is 5.61. The van der Waals surface area contributed by atoms with Crippen molar-refractivity contribution in [3.8, 4) is 27.9 Å². The third-order valence-corrected chi connectivity index (χ3v) is 7.39. The molecule has 0 atom stereocenters. The number of aromatic nitrogens is 2. The zero-order valence-electron chi connectivity index (χ0n) is 32.1. The quantitative estimate of drug-likeness (QED) is 0.211. The van der Waals surface area contributed by atoms with Crippen molar-refractivity contribution in [2.24, 2.45) is 0 Å². The van der Waals surface area contributed by atoms with Gasteiger partial charge in [-0.15, -0.1) is 0 Å². The van der Waals surface area contributed by atoms with E-state index in [9.17, 15) is 5.48 Å². The van der Waals surface area contributed by atoms with Crippen molar-refractivity contribution < 1.29 is 15.1 Å². The first-order valence-electron chi connectivity index (χ1n) is 18.3. The Bertz CT molecular complexity index is 2690. The van der Waals surface area contributed by atoms with Crippen LogP contribution in [0.3, 0.4) is 0 Å². The fourth-order valence-electron chi connectivity index (χ4n) is 5.61. The maximum atomic E-state index is 9.19. The van der Waals surface area contributed by atoms with Crippen LogP contribution >= 0.6 is 0 Å². The zero-order chi connectivity index (χ0) is 36.1. The molecule has 0 fully saturated rings. The van der Waals surface area contributed by atoms with Gasteiger partial charge in [0.05, 0.1) is 22.0 Å². The second kappa shape index (κ2) is 8.93. The van der Waals surface area contributed by atoms with E-state index < -0.39 is 31.0 Å². The smallest absolute Gasteiger partial charge is 0.111 e. The van der Waals surface area contributed by atoms with Crippen molar-refractivity contribution in [1.82, 2.24) is 9.55 Å². The molecule has 0 aliphatic rings. The molecule has 1 aromatic heterocycles. The van der Waals surface area contributed by atoms with E-state index in [-0.39, 0.29) is 62.7 Å². The molecule has 0 bridgehead atoms. The Morgan fingerprint density at radius 1 is 0.600 bits per heavy atom. The van der Waals surface area contributed by atoms with Crippen LogP contribution < -0.4 is 0 Å². The Balaban J connectivity index is 1.52. The highest BCUT2D eigenvalue weighted by molar-refractivity contribution is 6.21. The molecular formula is C38H26N2. The number of hydrogen-bond donors (Lipinski definition) is 0. The SMILES string of the molecule is [2H]c1c([2H])c([2H])c2c(-c3ccc4ccccc4c3)c3c([2H])c([2H])c([2H])c([2H])c3c(-c3ccc(-n4c(C([2H])([2H])[2H])nc5ccccc54)cc3)c2c1[2H]. The fraction of sp³-hybridized carbons (Fsp3) is 0.0263. The molecule has 2 nitrogen and oxygen atoms in total. The molecule has 0 N–H and O–H groups in total. The van der Waals surface area contributed by atoms with Crippen molar-refractivity contribution in [3.63, 3.8) is 0 Å². The summed E-state index contributed by atoms with van der Waals surface area (Å²) in [6.45, 7) is -2.53. The Kier molecular flexibility index (Phi) is 3.18. The van der Waals surface area contributed by atoms with E-state index in [1.807, 2.05) is 36.4 Å². The molecule has 8 aromatic rings. The summed E-state index contributed by atoms with van der Waals surface area (Å²) in [6.07, 6.45) is 0. The Hall–Kier alpha value is -5.21. The second-order valence-electron chi connectivity index (χ2n) is 9.62. The van der Waals surface area contributed by atoms with Crippen LogP contribution in [0.2, 0.25) is 0 Å². The first kappa shape index (κ1) is 14.3. The highest BCUT2D eigenvalue weighted by Crippen LogP contribution is 2.44. The van der Waals surface area contributed by atoms with Crippen LogP contribution in [0, 0.1) is 6.85 Å². The van der Waals surface area contributed by atoms with E-state index in [0.717, 1.165) is 10.8 Å². The summed E-state index contributed by atoms with van der Waals surface area (Å²) in [5.41, 5.74) is 2.98. The van der Waals surface area contributed by atoms with Crippen molar-refractivity contribution >= 4 is 43.4 Å². The molecule has 0 saturated heterocycles. The number of imidazole rings is 1. The lowest BCUT2D eigenvalue weighted by atomic mass is 9.85. The van der Waals surface area contributed by atoms with Gasteiger partial charge in [0.25, 0.3) is 0 Å². The van der Waals surface area contributed by atoms with Crippen LogP contribution in [-0.4, -0.2) is 9.55 Å². The Morgan fingerprint density at radius 3 is 1.85 bits per heavy atom. The number of rotatable bonds is 3. The molecule has 0 spiro atoms. The number of hydrogen-bond acceptors (Lipinski definition) is 1. The van der Waals surface area contributed by atoms with Gasteiger partial charge >= 0.3 is 0 Å². The van der Waals surface area contributed by atoms with Crippen LogP contribution in [0.1, 0.15) is 20.9 Å². The van der Waals surface area contributed by atoms with Crippen LogP contribution in [0.15, 0.2) is 139 Å². The van der Waals surface area contributed by atoms with Gasteiger partial charge < -0.3 is 0 Å². The zero-order valence-corrected chi connectivity index (χ0v) is 21.1. The van der Waals surface area contributed by atoms with Gasteiger partial charge in [-0.1, -0.05) is 109 Å². The second-order valence-corrected chi connectivity index (χ2v) is 9.62. The monoisotopic (exact) mass is 521 g/mol. The summed E-state index contributed by atoms with van der Waals surface area (Å²) in [4.78, 5) is 4.39. The molecule has 0 aliphatic carbocycles. The van der Waals surface area contributed by atoms with E-state index in [1.54, 1.807) is 59.2 Å². The van der Waals surface area contributed by atoms with Crippen molar-refractivity contribution in [2.45, 2.75) is 6.85 Å². The van der Waals surface area contributed by atoms with Crippen LogP contribution in [0.5, 0.6) is 0 Å². The standard InChI is InChI=1S/C38H26N2/c1-25-39-35-16-8-9-17-36(35)40(25)30-22-20-27(21-23-30)37-31-12-4-6-14-33(31)38(34-15-7-5-13-32(34)37)29-19-18-26-10-2-3-11-28(26)24-29/h2-24H,1H3/i1D3,4D,5D,6D,7D,12D,13D,14D,15D. The van der Waals surface area contributed by atoms with Gasteiger partial charge in [-0.2, -0.15) is 0 Å². The van der Waals surface area contributed by atoms with Gasteiger partial charge in [0.1, 0.15) is 5.82 Å². The number of para-hydroxylation sites is 2. The Morgan fingerprint density at radius 2 is 1.18 bits per heavy atom. The van der Waals surface area contributed by atoms with E-state index in [0.29, 0.717) is 27.8 Å². The highest BCUT2D eigenvalue weighted by atomic mass is 15.1. The van der Waals surface area contributed by atoms with Crippen LogP contribution in [0.25, 0.3) is 71.3 Å². The lowest BCUT2D eigenvalue weighted by molar-refractivity contribution is 1.00. The van der Waals surface area contributed by atoms with Crippen LogP contribution in [-0.2, 0) is 0 Å². The van der Waals surface area contributed by atoms with E-state index in [4.69, 9.17) is 9.60 Å². The molecule has 1 heterocycles. The van der Waals surface area contributed by atoms with Gasteiger partial charge in [0.15, 0.2) is 0 Å². The van der Waals surface area contributed by atoms with E-state index in [1.165, 1.54) is 0 Å². The molecule has 8 rings (SSSR count). The average Bonchev–Trinajstić information content (AvgIpc) is 3.54. The summed E-state index contributed by atoms with van der Waals surface area (Å²) in [6, 6.07) is 23.6. The summed E-state index contributed by atoms with van der Waals surface area (Å²) >= 11 is 0. The molecule has 0 unspecified atom stereocenters. The molecule has 0 saturated carbocycles. The normalized spacial score (nSPS) is 15.8. The first-order chi connectivity index (χ1) is 24.3. The molecule has 2 heteroatoms. The molecule has 0 aliphatic heterocycles. The molecule has 40 heavy (non-hydrogen) atoms. The first-order valence-corrected chi connectivity index (χ1v) is 12.8. The predicted molar refractivity (Wildman–Crippen MR) is 169 cm³/mol. The minimum Gasteiger partial charge on any atom is -0.297 e. The number of aryl methyl sites for hydroxylation is 1. The predicted octanol–water partition coefficient (Wildman–Crippen LogP) is 10.1. The lowest BCUT2D eigenvalue weighted by Gasteiger charge is -2.18. The lowest BCUT2D eigenvalue weighted by Crippen LogP contribution is -1.97. The molecule has 188 valence electrons. The van der Waals surface area contributed by atoms with Gasteiger partial charge in [-0.05, 0) is 91.8 Å². The van der Waals surface area contributed by atoms with Gasteiger partial charge in [-0.25, -0.2) is 4.98 Å². The largest absolute Gasteiger partial charge is 0.297 e. The third-order valence-electron chi connectivity index (χ3n) is 7.39. The van der Waals surface area contributed by atoms with Gasteiger partial charge in [0, 0.05) is 9.80 Å². The molecule has 0 radical (unpaired) electrons.